The van der Waals surface area contributed by atoms with Crippen LogP contribution in [0, 0.1) is 18.6 Å². The van der Waals surface area contributed by atoms with Crippen LogP contribution in [-0.4, -0.2) is 93.1 Å². The predicted molar refractivity (Wildman–Crippen MR) is 166 cm³/mol. The Morgan fingerprint density at radius 1 is 1.02 bits per heavy atom. The number of hydrogen-bond acceptors (Lipinski definition) is 8. The second-order valence-corrected chi connectivity index (χ2v) is 11.1. The molecule has 0 atom stereocenters. The van der Waals surface area contributed by atoms with Crippen LogP contribution in [-0.2, 0) is 4.79 Å². The number of imidazole rings is 1. The Labute approximate surface area is 264 Å². The molecular weight excluding hydrogens is 608 g/mol. The van der Waals surface area contributed by atoms with Gasteiger partial charge in [-0.15, -0.1) is 12.4 Å². The highest BCUT2D eigenvalue weighted by atomic mass is 35.5. The van der Waals surface area contributed by atoms with E-state index in [1.54, 1.807) is 32.5 Å². The van der Waals surface area contributed by atoms with Crippen molar-refractivity contribution in [3.63, 3.8) is 0 Å². The molecule has 0 aliphatic carbocycles. The van der Waals surface area contributed by atoms with Gasteiger partial charge in [-0.1, -0.05) is 0 Å². The summed E-state index contributed by atoms with van der Waals surface area (Å²) in [4.78, 5) is 38.5. The molecule has 0 radical (unpaired) electrons. The van der Waals surface area contributed by atoms with E-state index in [2.05, 4.69) is 20.6 Å². The van der Waals surface area contributed by atoms with Gasteiger partial charge in [-0.25, -0.2) is 14.4 Å². The SMILES string of the molecule is COc1ccc(-c2cnc3c(Nc4ccc(C(=O)N5CCN(C(=O)C6(O)CCNCC6)CC5)c(C)c4)nccn23)c(F)c1F.Cl. The number of ether oxygens (including phenoxy) is 1. The molecule has 2 aliphatic rings. The summed E-state index contributed by atoms with van der Waals surface area (Å²) < 4.78 is 35.7. The molecule has 3 N–H and O–H groups in total. The lowest BCUT2D eigenvalue weighted by Gasteiger charge is -2.40. The van der Waals surface area contributed by atoms with E-state index in [4.69, 9.17) is 4.74 Å². The van der Waals surface area contributed by atoms with Gasteiger partial charge in [0.2, 0.25) is 5.82 Å². The van der Waals surface area contributed by atoms with Gasteiger partial charge in [-0.05, 0) is 68.8 Å². The van der Waals surface area contributed by atoms with Gasteiger partial charge in [-0.3, -0.25) is 14.0 Å². The summed E-state index contributed by atoms with van der Waals surface area (Å²) >= 11 is 0. The lowest BCUT2D eigenvalue weighted by atomic mass is 9.90. The summed E-state index contributed by atoms with van der Waals surface area (Å²) in [6, 6.07) is 8.12. The molecule has 2 saturated heterocycles. The Morgan fingerprint density at radius 3 is 2.42 bits per heavy atom. The number of nitrogens with one attached hydrogen (secondary N) is 2. The van der Waals surface area contributed by atoms with Crippen molar-refractivity contribution in [1.29, 1.82) is 0 Å². The van der Waals surface area contributed by atoms with Crippen LogP contribution in [0.5, 0.6) is 5.75 Å². The molecule has 0 saturated carbocycles. The molecule has 2 fully saturated rings. The number of hydrogen-bond donors (Lipinski definition) is 3. The van der Waals surface area contributed by atoms with Gasteiger partial charge in [0.05, 0.1) is 19.0 Å². The average Bonchev–Trinajstić information content (AvgIpc) is 3.47. The Bertz CT molecular complexity index is 1740. The quantitative estimate of drug-likeness (QED) is 0.292. The minimum absolute atomic E-state index is 0. The third kappa shape index (κ3) is 6.02. The van der Waals surface area contributed by atoms with E-state index in [0.29, 0.717) is 80.5 Å². The number of anilines is 2. The van der Waals surface area contributed by atoms with Gasteiger partial charge in [0.1, 0.15) is 5.60 Å². The lowest BCUT2D eigenvalue weighted by Crippen LogP contribution is -2.59. The minimum atomic E-state index is -1.34. The van der Waals surface area contributed by atoms with Crippen molar-refractivity contribution < 1.29 is 28.2 Å². The molecule has 11 nitrogen and oxygen atoms in total. The van der Waals surface area contributed by atoms with Crippen LogP contribution in [0.15, 0.2) is 48.9 Å². The molecule has 4 aromatic rings. The largest absolute Gasteiger partial charge is 0.494 e. The topological polar surface area (TPSA) is 124 Å². The molecule has 6 rings (SSSR count). The number of benzene rings is 2. The van der Waals surface area contributed by atoms with Crippen molar-refractivity contribution in [3.05, 3.63) is 71.7 Å². The fraction of sp³-hybridized carbons (Fsp3) is 0.355. The highest BCUT2D eigenvalue weighted by molar-refractivity contribution is 5.96. The third-order valence-electron chi connectivity index (χ3n) is 8.37. The maximum atomic E-state index is 14.8. The first kappa shape index (κ1) is 32.1. The van der Waals surface area contributed by atoms with E-state index in [1.165, 1.54) is 31.6 Å². The molecule has 2 aromatic carbocycles. The summed E-state index contributed by atoms with van der Waals surface area (Å²) in [5.74, 6) is -2.31. The second-order valence-electron chi connectivity index (χ2n) is 11.1. The molecule has 14 heteroatoms. The van der Waals surface area contributed by atoms with Crippen molar-refractivity contribution in [3.8, 4) is 17.0 Å². The number of nitrogens with zero attached hydrogens (tertiary/aromatic N) is 5. The molecule has 45 heavy (non-hydrogen) atoms. The van der Waals surface area contributed by atoms with Crippen molar-refractivity contribution in [2.24, 2.45) is 0 Å². The zero-order valence-corrected chi connectivity index (χ0v) is 25.7. The summed E-state index contributed by atoms with van der Waals surface area (Å²) in [6.45, 7) is 4.54. The monoisotopic (exact) mass is 641 g/mol. The first-order chi connectivity index (χ1) is 21.2. The average molecular weight is 642 g/mol. The Morgan fingerprint density at radius 2 is 1.73 bits per heavy atom. The Hall–Kier alpha value is -4.33. The maximum Gasteiger partial charge on any atom is 0.254 e. The van der Waals surface area contributed by atoms with Crippen molar-refractivity contribution >= 4 is 41.4 Å². The van der Waals surface area contributed by atoms with Crippen LogP contribution in [0.4, 0.5) is 20.3 Å². The van der Waals surface area contributed by atoms with Gasteiger partial charge in [0.25, 0.3) is 11.8 Å². The number of piperazine rings is 1. The van der Waals surface area contributed by atoms with Crippen molar-refractivity contribution in [2.75, 3.05) is 51.7 Å². The highest BCUT2D eigenvalue weighted by Crippen LogP contribution is 2.32. The number of rotatable bonds is 6. The normalized spacial score (nSPS) is 16.3. The summed E-state index contributed by atoms with van der Waals surface area (Å²) in [5.41, 5.74) is 1.38. The first-order valence-corrected chi connectivity index (χ1v) is 14.4. The van der Waals surface area contributed by atoms with Crippen LogP contribution in [0.2, 0.25) is 0 Å². The molecule has 2 amide bonds. The van der Waals surface area contributed by atoms with Gasteiger partial charge >= 0.3 is 0 Å². The van der Waals surface area contributed by atoms with Crippen LogP contribution in [0.3, 0.4) is 0 Å². The Kier molecular flexibility index (Phi) is 9.23. The molecule has 2 aromatic heterocycles. The third-order valence-corrected chi connectivity index (χ3v) is 8.37. The van der Waals surface area contributed by atoms with Gasteiger partial charge < -0.3 is 30.3 Å². The number of piperidine rings is 1. The number of carbonyl (C=O) groups is 2. The summed E-state index contributed by atoms with van der Waals surface area (Å²) in [6.07, 6.45) is 5.35. The van der Waals surface area contributed by atoms with E-state index in [-0.39, 0.29) is 35.5 Å². The van der Waals surface area contributed by atoms with Crippen LogP contribution >= 0.6 is 12.4 Å². The van der Waals surface area contributed by atoms with Crippen LogP contribution < -0.4 is 15.4 Å². The lowest BCUT2D eigenvalue weighted by molar-refractivity contribution is -0.155. The first-order valence-electron chi connectivity index (χ1n) is 14.4. The number of aromatic nitrogens is 3. The molecule has 0 unspecified atom stereocenters. The zero-order valence-electron chi connectivity index (χ0n) is 24.8. The second kappa shape index (κ2) is 13.0. The highest BCUT2D eigenvalue weighted by Gasteiger charge is 2.41. The standard InChI is InChI=1S/C31H33F2N7O4.ClH/c1-19-17-20(3-4-21(19)29(41)38-13-15-39(16-14-38)30(42)31(43)7-9-34-10-8-31)37-27-28-36-18-23(40(28)12-11-35-27)22-5-6-24(44-2)26(33)25(22)32;/h3-6,11-12,17-18,34,43H,7-10,13-16H2,1-2H3,(H,35,37);1H. The van der Waals surface area contributed by atoms with E-state index >= 15 is 0 Å². The number of amides is 2. The number of carbonyl (C=O) groups excluding carboxylic acids is 2. The summed E-state index contributed by atoms with van der Waals surface area (Å²) in [5, 5.41) is 17.2. The van der Waals surface area contributed by atoms with E-state index in [1.807, 2.05) is 13.0 Å². The molecular formula is C31H34ClF2N7O4. The molecule has 2 aliphatic heterocycles. The number of fused-ring (bicyclic) bond motifs is 1. The van der Waals surface area contributed by atoms with Crippen LogP contribution in [0.1, 0.15) is 28.8 Å². The van der Waals surface area contributed by atoms with Crippen molar-refractivity contribution in [1.82, 2.24) is 29.5 Å². The molecule has 4 heterocycles. The minimum Gasteiger partial charge on any atom is -0.494 e. The van der Waals surface area contributed by atoms with Crippen molar-refractivity contribution in [2.45, 2.75) is 25.4 Å². The number of aliphatic hydroxyl groups is 1. The number of aryl methyl sites for hydroxylation is 1. The van der Waals surface area contributed by atoms with E-state index in [0.717, 1.165) is 5.56 Å². The van der Waals surface area contributed by atoms with E-state index in [9.17, 15) is 23.5 Å². The number of halogens is 3. The zero-order chi connectivity index (χ0) is 31.0. The molecule has 0 spiro atoms. The smallest absolute Gasteiger partial charge is 0.254 e. The van der Waals surface area contributed by atoms with Crippen LogP contribution in [0.25, 0.3) is 16.9 Å². The fourth-order valence-corrected chi connectivity index (χ4v) is 5.84. The van der Waals surface area contributed by atoms with Gasteiger partial charge in [0, 0.05) is 55.4 Å². The summed E-state index contributed by atoms with van der Waals surface area (Å²) in [7, 11) is 1.27. The predicted octanol–water partition coefficient (Wildman–Crippen LogP) is 3.56. The maximum absolute atomic E-state index is 14.8. The van der Waals surface area contributed by atoms with Gasteiger partial charge in [0.15, 0.2) is 23.0 Å². The molecule has 0 bridgehead atoms. The van der Waals surface area contributed by atoms with Gasteiger partial charge in [-0.2, -0.15) is 4.39 Å². The number of methoxy groups -OCH3 is 1. The fourth-order valence-electron chi connectivity index (χ4n) is 5.84. The Balaban J connectivity index is 0.00000400. The van der Waals surface area contributed by atoms with E-state index < -0.39 is 17.2 Å². The molecule has 238 valence electrons.